The number of ether oxygens (including phenoxy) is 2. The average molecular weight is 255 g/mol. The Kier molecular flexibility index (Phi) is 6.86. The third-order valence-electron chi connectivity index (χ3n) is 2.67. The maximum atomic E-state index is 12.8. The van der Waals surface area contributed by atoms with E-state index in [9.17, 15) is 4.39 Å². The molecule has 1 N–H and O–H groups in total. The molecule has 0 aliphatic rings. The summed E-state index contributed by atoms with van der Waals surface area (Å²) in [6.45, 7) is 7.77. The van der Waals surface area contributed by atoms with E-state index in [1.165, 1.54) is 12.1 Å². The lowest BCUT2D eigenvalue weighted by molar-refractivity contribution is -0.133. The second-order valence-electron chi connectivity index (χ2n) is 4.02. The van der Waals surface area contributed by atoms with Gasteiger partial charge in [0.05, 0.1) is 0 Å². The van der Waals surface area contributed by atoms with Crippen LogP contribution in [-0.2, 0) is 9.47 Å². The van der Waals surface area contributed by atoms with Gasteiger partial charge in [-0.15, -0.1) is 0 Å². The topological polar surface area (TPSA) is 30.5 Å². The number of nitrogens with one attached hydrogen (secondary N) is 1. The smallest absolute Gasteiger partial charge is 0.169 e. The molecule has 0 radical (unpaired) electrons. The molecule has 0 aromatic heterocycles. The minimum Gasteiger partial charge on any atom is -0.352 e. The molecule has 1 rings (SSSR count). The zero-order valence-corrected chi connectivity index (χ0v) is 11.3. The number of benzene rings is 1. The van der Waals surface area contributed by atoms with Crippen molar-refractivity contribution in [3.8, 4) is 0 Å². The Bertz CT molecular complexity index is 323. The van der Waals surface area contributed by atoms with Crippen LogP contribution in [0.3, 0.4) is 0 Å². The summed E-state index contributed by atoms with van der Waals surface area (Å²) in [5, 5.41) is 3.32. The van der Waals surface area contributed by atoms with Crippen LogP contribution in [-0.4, -0.2) is 26.0 Å². The number of rotatable bonds is 8. The number of hydrogen-bond donors (Lipinski definition) is 1. The number of hydrogen-bond acceptors (Lipinski definition) is 3. The molecule has 102 valence electrons. The van der Waals surface area contributed by atoms with E-state index in [0.717, 1.165) is 5.56 Å². The highest BCUT2D eigenvalue weighted by Gasteiger charge is 2.11. The fraction of sp³-hybridized carbons (Fsp3) is 0.571. The van der Waals surface area contributed by atoms with Crippen LogP contribution in [0.1, 0.15) is 32.4 Å². The molecule has 0 bridgehead atoms. The van der Waals surface area contributed by atoms with Crippen LogP contribution in [0.2, 0.25) is 0 Å². The average Bonchev–Trinajstić information content (AvgIpc) is 2.37. The fourth-order valence-corrected chi connectivity index (χ4v) is 1.68. The van der Waals surface area contributed by atoms with Gasteiger partial charge < -0.3 is 14.8 Å². The molecule has 1 aromatic rings. The SMILES string of the molecule is CCOC(CN[C@@H](C)c1ccc(F)cc1)OCC. The van der Waals surface area contributed by atoms with Gasteiger partial charge in [0, 0.05) is 25.8 Å². The zero-order valence-electron chi connectivity index (χ0n) is 11.3. The van der Waals surface area contributed by atoms with E-state index in [1.54, 1.807) is 12.1 Å². The van der Waals surface area contributed by atoms with E-state index >= 15 is 0 Å². The lowest BCUT2D eigenvalue weighted by Crippen LogP contribution is -2.33. The Balaban J connectivity index is 2.43. The van der Waals surface area contributed by atoms with Crippen molar-refractivity contribution in [1.29, 1.82) is 0 Å². The van der Waals surface area contributed by atoms with Gasteiger partial charge in [-0.25, -0.2) is 4.39 Å². The summed E-state index contributed by atoms with van der Waals surface area (Å²) in [4.78, 5) is 0. The van der Waals surface area contributed by atoms with Crippen LogP contribution in [0.4, 0.5) is 4.39 Å². The summed E-state index contributed by atoms with van der Waals surface area (Å²) in [6.07, 6.45) is -0.233. The van der Waals surface area contributed by atoms with Crippen molar-refractivity contribution in [3.05, 3.63) is 35.6 Å². The van der Waals surface area contributed by atoms with Gasteiger partial charge in [-0.3, -0.25) is 0 Å². The Morgan fingerprint density at radius 3 is 2.17 bits per heavy atom. The molecule has 3 nitrogen and oxygen atoms in total. The maximum absolute atomic E-state index is 12.8. The highest BCUT2D eigenvalue weighted by atomic mass is 19.1. The normalized spacial score (nSPS) is 12.9. The molecule has 0 unspecified atom stereocenters. The van der Waals surface area contributed by atoms with Gasteiger partial charge in [0.15, 0.2) is 6.29 Å². The van der Waals surface area contributed by atoms with Gasteiger partial charge in [-0.05, 0) is 38.5 Å². The maximum Gasteiger partial charge on any atom is 0.169 e. The summed E-state index contributed by atoms with van der Waals surface area (Å²) in [6, 6.07) is 6.63. The molecule has 18 heavy (non-hydrogen) atoms. The highest BCUT2D eigenvalue weighted by Crippen LogP contribution is 2.12. The summed E-state index contributed by atoms with van der Waals surface area (Å²) in [7, 11) is 0. The van der Waals surface area contributed by atoms with E-state index in [0.29, 0.717) is 19.8 Å². The van der Waals surface area contributed by atoms with Crippen LogP contribution in [0.25, 0.3) is 0 Å². The number of halogens is 1. The van der Waals surface area contributed by atoms with Crippen molar-refractivity contribution in [3.63, 3.8) is 0 Å². The van der Waals surface area contributed by atoms with Crippen molar-refractivity contribution in [2.24, 2.45) is 0 Å². The first-order chi connectivity index (χ1) is 8.67. The first-order valence-corrected chi connectivity index (χ1v) is 6.39. The van der Waals surface area contributed by atoms with Crippen molar-refractivity contribution >= 4 is 0 Å². The molecular formula is C14H22FNO2. The first kappa shape index (κ1) is 15.1. The van der Waals surface area contributed by atoms with E-state index in [1.807, 2.05) is 20.8 Å². The second kappa shape index (κ2) is 8.19. The van der Waals surface area contributed by atoms with Crippen molar-refractivity contribution in [2.45, 2.75) is 33.1 Å². The zero-order chi connectivity index (χ0) is 13.4. The third-order valence-corrected chi connectivity index (χ3v) is 2.67. The molecular weight excluding hydrogens is 233 g/mol. The molecule has 1 atom stereocenters. The van der Waals surface area contributed by atoms with Gasteiger partial charge in [0.1, 0.15) is 5.82 Å². The van der Waals surface area contributed by atoms with Crippen LogP contribution in [0.5, 0.6) is 0 Å². The quantitative estimate of drug-likeness (QED) is 0.725. The van der Waals surface area contributed by atoms with Crippen molar-refractivity contribution < 1.29 is 13.9 Å². The van der Waals surface area contributed by atoms with Gasteiger partial charge in [-0.2, -0.15) is 0 Å². The Labute approximate surface area is 108 Å². The third kappa shape index (κ3) is 5.12. The molecule has 0 fully saturated rings. The molecule has 0 amide bonds. The summed E-state index contributed by atoms with van der Waals surface area (Å²) >= 11 is 0. The first-order valence-electron chi connectivity index (χ1n) is 6.39. The summed E-state index contributed by atoms with van der Waals surface area (Å²) in [5.74, 6) is -0.215. The van der Waals surface area contributed by atoms with Crippen LogP contribution in [0, 0.1) is 5.82 Å². The van der Waals surface area contributed by atoms with E-state index < -0.39 is 0 Å². The summed E-state index contributed by atoms with van der Waals surface area (Å²) in [5.41, 5.74) is 1.04. The molecule has 0 heterocycles. The molecule has 0 aliphatic carbocycles. The van der Waals surface area contributed by atoms with Gasteiger partial charge in [0.25, 0.3) is 0 Å². The monoisotopic (exact) mass is 255 g/mol. The van der Waals surface area contributed by atoms with Crippen molar-refractivity contribution in [1.82, 2.24) is 5.32 Å². The fourth-order valence-electron chi connectivity index (χ4n) is 1.68. The van der Waals surface area contributed by atoms with Crippen molar-refractivity contribution in [2.75, 3.05) is 19.8 Å². The van der Waals surface area contributed by atoms with Crippen LogP contribution >= 0.6 is 0 Å². The Morgan fingerprint density at radius 1 is 1.11 bits per heavy atom. The molecule has 0 saturated carbocycles. The molecule has 4 heteroatoms. The lowest BCUT2D eigenvalue weighted by atomic mass is 10.1. The minimum atomic E-state index is -0.233. The predicted octanol–water partition coefficient (Wildman–Crippen LogP) is 2.88. The lowest BCUT2D eigenvalue weighted by Gasteiger charge is -2.21. The minimum absolute atomic E-state index is 0.133. The van der Waals surface area contributed by atoms with Crippen LogP contribution in [0.15, 0.2) is 24.3 Å². The van der Waals surface area contributed by atoms with E-state index in [2.05, 4.69) is 5.32 Å². The molecule has 0 aliphatic heterocycles. The summed E-state index contributed by atoms with van der Waals surface area (Å²) < 4.78 is 23.7. The molecule has 1 aromatic carbocycles. The Morgan fingerprint density at radius 2 is 1.67 bits per heavy atom. The molecule has 0 saturated heterocycles. The van der Waals surface area contributed by atoms with Gasteiger partial charge in [0.2, 0.25) is 0 Å². The van der Waals surface area contributed by atoms with E-state index in [4.69, 9.17) is 9.47 Å². The van der Waals surface area contributed by atoms with Gasteiger partial charge in [-0.1, -0.05) is 12.1 Å². The molecule has 0 spiro atoms. The van der Waals surface area contributed by atoms with Crippen LogP contribution < -0.4 is 5.32 Å². The van der Waals surface area contributed by atoms with E-state index in [-0.39, 0.29) is 18.1 Å². The highest BCUT2D eigenvalue weighted by molar-refractivity contribution is 5.19. The van der Waals surface area contributed by atoms with Gasteiger partial charge >= 0.3 is 0 Å². The standard InChI is InChI=1S/C14H22FNO2/c1-4-17-14(18-5-2)10-16-11(3)12-6-8-13(15)9-7-12/h6-9,11,14,16H,4-5,10H2,1-3H3/t11-/m0/s1. The largest absolute Gasteiger partial charge is 0.352 e. The predicted molar refractivity (Wildman–Crippen MR) is 69.9 cm³/mol. The second-order valence-corrected chi connectivity index (χ2v) is 4.02. The Hall–Kier alpha value is -0.970.